The second kappa shape index (κ2) is 9.07. The number of thiazole rings is 1. The van der Waals surface area contributed by atoms with E-state index in [0.29, 0.717) is 0 Å². The van der Waals surface area contributed by atoms with E-state index in [0.717, 1.165) is 31.3 Å². The number of urea groups is 1. The van der Waals surface area contributed by atoms with Crippen LogP contribution >= 0.6 is 22.7 Å². The Morgan fingerprint density at radius 1 is 1.04 bits per heavy atom. The molecule has 0 saturated heterocycles. The SMILES string of the molecule is CNC(=O)NC(C)c1ccc(-c2ncc(Oc3ccc(OC(C)C)cc3)s2)s1. The number of amides is 2. The van der Waals surface area contributed by atoms with Gasteiger partial charge in [-0.05, 0) is 57.2 Å². The zero-order chi connectivity index (χ0) is 20.1. The predicted molar refractivity (Wildman–Crippen MR) is 114 cm³/mol. The lowest BCUT2D eigenvalue weighted by atomic mass is 10.3. The predicted octanol–water partition coefficient (Wildman–Crippen LogP) is 5.44. The van der Waals surface area contributed by atoms with Crippen molar-refractivity contribution in [3.05, 3.63) is 47.5 Å². The first-order valence-corrected chi connectivity index (χ1v) is 10.6. The van der Waals surface area contributed by atoms with E-state index < -0.39 is 0 Å². The highest BCUT2D eigenvalue weighted by Crippen LogP contribution is 2.37. The molecule has 2 aromatic heterocycles. The minimum atomic E-state index is -0.197. The number of hydrogen-bond acceptors (Lipinski definition) is 6. The fourth-order valence-electron chi connectivity index (χ4n) is 2.44. The molecule has 2 amide bonds. The normalized spacial score (nSPS) is 11.9. The molecule has 0 bridgehead atoms. The molecule has 0 aliphatic rings. The third kappa shape index (κ3) is 5.24. The molecule has 2 N–H and O–H groups in total. The van der Waals surface area contributed by atoms with E-state index in [4.69, 9.17) is 9.47 Å². The lowest BCUT2D eigenvalue weighted by Gasteiger charge is -2.11. The Balaban J connectivity index is 1.65. The van der Waals surface area contributed by atoms with E-state index in [1.54, 1.807) is 24.6 Å². The van der Waals surface area contributed by atoms with Crippen LogP contribution in [0, 0.1) is 0 Å². The summed E-state index contributed by atoms with van der Waals surface area (Å²) in [5.74, 6) is 1.56. The maximum Gasteiger partial charge on any atom is 0.315 e. The van der Waals surface area contributed by atoms with E-state index in [1.165, 1.54) is 11.3 Å². The summed E-state index contributed by atoms with van der Waals surface area (Å²) in [6.45, 7) is 5.94. The van der Waals surface area contributed by atoms with Crippen LogP contribution < -0.4 is 20.1 Å². The molecule has 1 unspecified atom stereocenters. The molecular weight excluding hydrogens is 394 g/mol. The first-order chi connectivity index (χ1) is 13.4. The maximum atomic E-state index is 11.5. The van der Waals surface area contributed by atoms with Gasteiger partial charge >= 0.3 is 6.03 Å². The van der Waals surface area contributed by atoms with Gasteiger partial charge in [-0.3, -0.25) is 0 Å². The molecule has 0 radical (unpaired) electrons. The highest BCUT2D eigenvalue weighted by Gasteiger charge is 2.14. The highest BCUT2D eigenvalue weighted by atomic mass is 32.1. The molecule has 1 aromatic carbocycles. The van der Waals surface area contributed by atoms with Crippen molar-refractivity contribution in [2.24, 2.45) is 0 Å². The monoisotopic (exact) mass is 417 g/mol. The molecule has 148 valence electrons. The third-order valence-corrected chi connectivity index (χ3v) is 6.05. The van der Waals surface area contributed by atoms with E-state index in [-0.39, 0.29) is 18.2 Å². The number of ether oxygens (including phenoxy) is 2. The Hall–Kier alpha value is -2.58. The summed E-state index contributed by atoms with van der Waals surface area (Å²) in [6, 6.07) is 11.3. The van der Waals surface area contributed by atoms with Crippen molar-refractivity contribution in [2.45, 2.75) is 32.9 Å². The number of nitrogens with zero attached hydrogens (tertiary/aromatic N) is 1. The van der Waals surface area contributed by atoms with Crippen molar-refractivity contribution in [2.75, 3.05) is 7.05 Å². The first kappa shape index (κ1) is 20.2. The number of carbonyl (C=O) groups is 1. The van der Waals surface area contributed by atoms with Gasteiger partial charge in [0.25, 0.3) is 0 Å². The van der Waals surface area contributed by atoms with Crippen LogP contribution in [-0.4, -0.2) is 24.2 Å². The molecule has 0 aliphatic carbocycles. The fraction of sp³-hybridized carbons (Fsp3) is 0.300. The van der Waals surface area contributed by atoms with Crippen molar-refractivity contribution in [3.63, 3.8) is 0 Å². The quantitative estimate of drug-likeness (QED) is 0.537. The van der Waals surface area contributed by atoms with Crippen LogP contribution in [0.3, 0.4) is 0 Å². The van der Waals surface area contributed by atoms with Crippen LogP contribution in [0.25, 0.3) is 9.88 Å². The number of thiophene rings is 1. The van der Waals surface area contributed by atoms with Crippen LogP contribution in [0.5, 0.6) is 16.6 Å². The fourth-order valence-corrected chi connectivity index (χ4v) is 4.30. The van der Waals surface area contributed by atoms with Gasteiger partial charge in [0.1, 0.15) is 16.5 Å². The van der Waals surface area contributed by atoms with Gasteiger partial charge < -0.3 is 20.1 Å². The number of aromatic nitrogens is 1. The van der Waals surface area contributed by atoms with Crippen molar-refractivity contribution in [1.29, 1.82) is 0 Å². The van der Waals surface area contributed by atoms with Crippen molar-refractivity contribution in [1.82, 2.24) is 15.6 Å². The van der Waals surface area contributed by atoms with E-state index in [1.807, 2.05) is 57.2 Å². The third-order valence-electron chi connectivity index (χ3n) is 3.74. The van der Waals surface area contributed by atoms with Crippen molar-refractivity contribution >= 4 is 28.7 Å². The van der Waals surface area contributed by atoms with Crippen LogP contribution in [0.15, 0.2) is 42.6 Å². The van der Waals surface area contributed by atoms with Crippen LogP contribution in [0.2, 0.25) is 0 Å². The molecule has 8 heteroatoms. The minimum absolute atomic E-state index is 0.0686. The summed E-state index contributed by atoms with van der Waals surface area (Å²) < 4.78 is 11.5. The van der Waals surface area contributed by atoms with Gasteiger partial charge in [0.2, 0.25) is 5.06 Å². The largest absolute Gasteiger partial charge is 0.491 e. The van der Waals surface area contributed by atoms with E-state index >= 15 is 0 Å². The van der Waals surface area contributed by atoms with Gasteiger partial charge in [-0.25, -0.2) is 9.78 Å². The van der Waals surface area contributed by atoms with E-state index in [9.17, 15) is 4.79 Å². The zero-order valence-electron chi connectivity index (χ0n) is 16.2. The maximum absolute atomic E-state index is 11.5. The number of carbonyl (C=O) groups excluding carboxylic acids is 1. The Morgan fingerprint density at radius 2 is 1.75 bits per heavy atom. The Morgan fingerprint density at radius 3 is 2.43 bits per heavy atom. The average molecular weight is 418 g/mol. The Kier molecular flexibility index (Phi) is 6.53. The standard InChI is InChI=1S/C20H23N3O3S2/c1-12(2)25-14-5-7-15(8-6-14)26-18-11-22-19(28-18)17-10-9-16(27-17)13(3)23-20(24)21-4/h5-13H,1-4H3,(H2,21,23,24). The highest BCUT2D eigenvalue weighted by molar-refractivity contribution is 7.22. The molecule has 0 spiro atoms. The average Bonchev–Trinajstić information content (AvgIpc) is 3.32. The van der Waals surface area contributed by atoms with Crippen LogP contribution in [0.4, 0.5) is 4.79 Å². The summed E-state index contributed by atoms with van der Waals surface area (Å²) in [6.07, 6.45) is 1.87. The summed E-state index contributed by atoms with van der Waals surface area (Å²) in [4.78, 5) is 18.0. The van der Waals surface area contributed by atoms with Gasteiger partial charge in [0, 0.05) is 11.9 Å². The molecule has 0 aliphatic heterocycles. The summed E-state index contributed by atoms with van der Waals surface area (Å²) >= 11 is 3.09. The molecular formula is C20H23N3O3S2. The van der Waals surface area contributed by atoms with Gasteiger partial charge in [-0.1, -0.05) is 11.3 Å². The zero-order valence-corrected chi connectivity index (χ0v) is 17.8. The number of nitrogens with one attached hydrogen (secondary N) is 2. The lowest BCUT2D eigenvalue weighted by molar-refractivity contribution is 0.240. The Labute approximate surface area is 172 Å². The van der Waals surface area contributed by atoms with Crippen LogP contribution in [0.1, 0.15) is 31.7 Å². The summed E-state index contributed by atoms with van der Waals surface area (Å²) in [5.41, 5.74) is 0. The van der Waals surface area contributed by atoms with Gasteiger partial charge in [0.05, 0.1) is 23.2 Å². The van der Waals surface area contributed by atoms with Gasteiger partial charge in [-0.2, -0.15) is 0 Å². The van der Waals surface area contributed by atoms with E-state index in [2.05, 4.69) is 15.6 Å². The molecule has 1 atom stereocenters. The second-order valence-electron chi connectivity index (χ2n) is 6.37. The minimum Gasteiger partial charge on any atom is -0.491 e. The molecule has 0 fully saturated rings. The number of hydrogen-bond donors (Lipinski definition) is 2. The van der Waals surface area contributed by atoms with Crippen molar-refractivity contribution in [3.8, 4) is 26.4 Å². The molecule has 3 rings (SSSR count). The number of benzene rings is 1. The van der Waals surface area contributed by atoms with Crippen molar-refractivity contribution < 1.29 is 14.3 Å². The molecule has 0 saturated carbocycles. The molecule has 28 heavy (non-hydrogen) atoms. The number of rotatable bonds is 7. The molecule has 3 aromatic rings. The van der Waals surface area contributed by atoms with Gasteiger partial charge in [0.15, 0.2) is 0 Å². The second-order valence-corrected chi connectivity index (χ2v) is 8.48. The van der Waals surface area contributed by atoms with Gasteiger partial charge in [-0.15, -0.1) is 11.3 Å². The lowest BCUT2D eigenvalue weighted by Crippen LogP contribution is -2.34. The topological polar surface area (TPSA) is 72.5 Å². The Bertz CT molecular complexity index is 919. The smallest absolute Gasteiger partial charge is 0.315 e. The molecule has 2 heterocycles. The summed E-state index contributed by atoms with van der Waals surface area (Å²) in [5, 5.41) is 7.04. The molecule has 6 nitrogen and oxygen atoms in total. The summed E-state index contributed by atoms with van der Waals surface area (Å²) in [7, 11) is 1.60. The first-order valence-electron chi connectivity index (χ1n) is 8.93. The van der Waals surface area contributed by atoms with Crippen LogP contribution in [-0.2, 0) is 0 Å².